The van der Waals surface area contributed by atoms with E-state index in [0.29, 0.717) is 25.9 Å². The van der Waals surface area contributed by atoms with E-state index in [9.17, 15) is 27.6 Å². The van der Waals surface area contributed by atoms with E-state index in [2.05, 4.69) is 16.0 Å². The van der Waals surface area contributed by atoms with Crippen LogP contribution >= 0.6 is 0 Å². The zero-order valence-corrected chi connectivity index (χ0v) is 16.3. The summed E-state index contributed by atoms with van der Waals surface area (Å²) in [6, 6.07) is 3.42. The Labute approximate surface area is 171 Å². The predicted octanol–water partition coefficient (Wildman–Crippen LogP) is 2.00. The van der Waals surface area contributed by atoms with Crippen LogP contribution in [0.3, 0.4) is 0 Å². The van der Waals surface area contributed by atoms with Crippen molar-refractivity contribution in [3.63, 3.8) is 0 Å². The van der Waals surface area contributed by atoms with E-state index in [4.69, 9.17) is 9.84 Å². The summed E-state index contributed by atoms with van der Waals surface area (Å²) in [6.45, 7) is -0.0819. The molecule has 0 aromatic heterocycles. The van der Waals surface area contributed by atoms with Gasteiger partial charge in [-0.25, -0.2) is 4.79 Å². The van der Waals surface area contributed by atoms with Gasteiger partial charge in [-0.1, -0.05) is 6.07 Å². The third-order valence-electron chi connectivity index (χ3n) is 4.90. The number of benzene rings is 1. The van der Waals surface area contributed by atoms with Crippen molar-refractivity contribution >= 4 is 17.9 Å². The Balaban J connectivity index is 1.89. The van der Waals surface area contributed by atoms with Gasteiger partial charge in [0.1, 0.15) is 0 Å². The van der Waals surface area contributed by atoms with Crippen molar-refractivity contribution < 1.29 is 37.4 Å². The van der Waals surface area contributed by atoms with E-state index in [0.717, 1.165) is 18.2 Å². The van der Waals surface area contributed by atoms with Gasteiger partial charge in [0.05, 0.1) is 18.7 Å². The summed E-state index contributed by atoms with van der Waals surface area (Å²) in [4.78, 5) is 35.1. The van der Waals surface area contributed by atoms with Crippen LogP contribution in [0.15, 0.2) is 24.3 Å². The number of carboxylic acid groups (broad SMARTS) is 1. The number of hydrogen-bond acceptors (Lipinski definition) is 4. The van der Waals surface area contributed by atoms with Crippen LogP contribution in [0.25, 0.3) is 0 Å². The third kappa shape index (κ3) is 6.90. The number of ether oxygens (including phenoxy) is 1. The molecule has 166 valence electrons. The molecule has 3 atom stereocenters. The first kappa shape index (κ1) is 23.5. The Bertz CT molecular complexity index is 772. The molecule has 8 nitrogen and oxygen atoms in total. The Morgan fingerprint density at radius 2 is 1.93 bits per heavy atom. The lowest BCUT2D eigenvalue weighted by Crippen LogP contribution is -2.51. The first-order valence-electron chi connectivity index (χ1n) is 9.33. The van der Waals surface area contributed by atoms with E-state index < -0.39 is 36.2 Å². The monoisotopic (exact) mass is 431 g/mol. The van der Waals surface area contributed by atoms with Gasteiger partial charge >= 0.3 is 12.3 Å². The number of carbonyl (C=O) groups is 3. The number of nitrogens with one attached hydrogen (secondary N) is 3. The molecule has 1 aliphatic carbocycles. The maximum Gasteiger partial charge on any atom is 0.416 e. The average molecular weight is 431 g/mol. The van der Waals surface area contributed by atoms with Crippen molar-refractivity contribution in [3.8, 4) is 0 Å². The van der Waals surface area contributed by atoms with Gasteiger partial charge in [-0.15, -0.1) is 0 Å². The van der Waals surface area contributed by atoms with Crippen molar-refractivity contribution in [1.82, 2.24) is 16.0 Å². The minimum Gasteiger partial charge on any atom is -0.465 e. The fourth-order valence-corrected chi connectivity index (χ4v) is 3.52. The normalized spacial score (nSPS) is 21.5. The molecule has 0 spiro atoms. The summed E-state index contributed by atoms with van der Waals surface area (Å²) < 4.78 is 43.4. The lowest BCUT2D eigenvalue weighted by Gasteiger charge is -2.36. The zero-order chi connectivity index (χ0) is 22.3. The molecule has 1 unspecified atom stereocenters. The number of amides is 3. The molecule has 11 heteroatoms. The fourth-order valence-electron chi connectivity index (χ4n) is 3.52. The molecule has 1 aromatic carbocycles. The summed E-state index contributed by atoms with van der Waals surface area (Å²) in [5.41, 5.74) is -1.15. The van der Waals surface area contributed by atoms with Gasteiger partial charge in [-0.3, -0.25) is 9.59 Å². The zero-order valence-electron chi connectivity index (χ0n) is 16.3. The minimum absolute atomic E-state index is 0.122. The standard InChI is InChI=1S/C19H24F3N3O5/c1-30-10-12-8-14(24-18(28)29)5-6-15(12)25-16(26)9-23-17(27)11-3-2-4-13(7-11)19(20,21)22/h2-4,7,12,14-15,24H,5-6,8-10H2,1H3,(H,23,27)(H,25,26)(H,28,29)/t12-,14?,15-/m0/s1. The molecule has 0 aliphatic heterocycles. The summed E-state index contributed by atoms with van der Waals surface area (Å²) in [6.07, 6.45) is -4.14. The molecule has 2 rings (SSSR count). The lowest BCUT2D eigenvalue weighted by atomic mass is 9.82. The molecule has 0 bridgehead atoms. The van der Waals surface area contributed by atoms with Crippen LogP contribution < -0.4 is 16.0 Å². The molecule has 3 amide bonds. The van der Waals surface area contributed by atoms with Crippen LogP contribution in [0.4, 0.5) is 18.0 Å². The van der Waals surface area contributed by atoms with Gasteiger partial charge in [-0.2, -0.15) is 13.2 Å². The van der Waals surface area contributed by atoms with Gasteiger partial charge in [0.15, 0.2) is 0 Å². The van der Waals surface area contributed by atoms with Crippen LogP contribution in [0.1, 0.15) is 35.2 Å². The Morgan fingerprint density at radius 3 is 2.57 bits per heavy atom. The average Bonchev–Trinajstić information content (AvgIpc) is 2.67. The molecule has 1 fully saturated rings. The number of carbonyl (C=O) groups excluding carboxylic acids is 2. The SMILES string of the molecule is COC[C@@H]1CC(NC(=O)O)CC[C@@H]1NC(=O)CNC(=O)c1cccc(C(F)(F)F)c1. The summed E-state index contributed by atoms with van der Waals surface area (Å²) in [5.74, 6) is -1.41. The summed E-state index contributed by atoms with van der Waals surface area (Å²) in [5, 5.41) is 16.4. The number of halogens is 3. The van der Waals surface area contributed by atoms with Gasteiger partial charge in [0.2, 0.25) is 5.91 Å². The predicted molar refractivity (Wildman–Crippen MR) is 99.9 cm³/mol. The summed E-state index contributed by atoms with van der Waals surface area (Å²) >= 11 is 0. The topological polar surface area (TPSA) is 117 Å². The molecule has 1 saturated carbocycles. The van der Waals surface area contributed by atoms with E-state index in [1.165, 1.54) is 13.2 Å². The second-order valence-corrected chi connectivity index (χ2v) is 7.11. The summed E-state index contributed by atoms with van der Waals surface area (Å²) in [7, 11) is 1.50. The fraction of sp³-hybridized carbons (Fsp3) is 0.526. The third-order valence-corrected chi connectivity index (χ3v) is 4.90. The van der Waals surface area contributed by atoms with Gasteiger partial charge in [0.25, 0.3) is 5.91 Å². The Morgan fingerprint density at radius 1 is 1.20 bits per heavy atom. The smallest absolute Gasteiger partial charge is 0.416 e. The highest BCUT2D eigenvalue weighted by Gasteiger charge is 2.33. The van der Waals surface area contributed by atoms with Crippen molar-refractivity contribution in [1.29, 1.82) is 0 Å². The van der Waals surface area contributed by atoms with Crippen molar-refractivity contribution in [2.24, 2.45) is 5.92 Å². The minimum atomic E-state index is -4.57. The van der Waals surface area contributed by atoms with Crippen LogP contribution in [0, 0.1) is 5.92 Å². The maximum atomic E-state index is 12.8. The van der Waals surface area contributed by atoms with E-state index in [1.54, 1.807) is 0 Å². The maximum absolute atomic E-state index is 12.8. The molecular weight excluding hydrogens is 407 g/mol. The van der Waals surface area contributed by atoms with Crippen LogP contribution in [0.5, 0.6) is 0 Å². The quantitative estimate of drug-likeness (QED) is 0.527. The number of methoxy groups -OCH3 is 1. The number of rotatable bonds is 7. The number of alkyl halides is 3. The van der Waals surface area contributed by atoms with Crippen molar-refractivity contribution in [2.75, 3.05) is 20.3 Å². The molecule has 0 heterocycles. The number of hydrogen-bond donors (Lipinski definition) is 4. The molecule has 4 N–H and O–H groups in total. The van der Waals surface area contributed by atoms with Gasteiger partial charge in [0, 0.05) is 30.7 Å². The second-order valence-electron chi connectivity index (χ2n) is 7.11. The molecule has 0 saturated heterocycles. The molecule has 1 aliphatic rings. The first-order chi connectivity index (χ1) is 14.1. The van der Waals surface area contributed by atoms with Crippen molar-refractivity contribution in [3.05, 3.63) is 35.4 Å². The van der Waals surface area contributed by atoms with Crippen molar-refractivity contribution in [2.45, 2.75) is 37.5 Å². The van der Waals surface area contributed by atoms with E-state index >= 15 is 0 Å². The Kier molecular flexibility index (Phi) is 8.04. The lowest BCUT2D eigenvalue weighted by molar-refractivity contribution is -0.137. The van der Waals surface area contributed by atoms with Crippen LogP contribution in [0.2, 0.25) is 0 Å². The molecule has 1 aromatic rings. The van der Waals surface area contributed by atoms with Crippen LogP contribution in [-0.4, -0.2) is 55.4 Å². The van der Waals surface area contributed by atoms with Gasteiger partial charge < -0.3 is 25.8 Å². The molecule has 0 radical (unpaired) electrons. The van der Waals surface area contributed by atoms with Crippen LogP contribution in [-0.2, 0) is 15.7 Å². The first-order valence-corrected chi connectivity index (χ1v) is 9.33. The molecule has 30 heavy (non-hydrogen) atoms. The largest absolute Gasteiger partial charge is 0.465 e. The van der Waals surface area contributed by atoms with E-state index in [1.807, 2.05) is 0 Å². The Hall–Kier alpha value is -2.82. The second kappa shape index (κ2) is 10.3. The van der Waals surface area contributed by atoms with Gasteiger partial charge in [-0.05, 0) is 37.5 Å². The highest BCUT2D eigenvalue weighted by molar-refractivity contribution is 5.96. The highest BCUT2D eigenvalue weighted by Crippen LogP contribution is 2.29. The van der Waals surface area contributed by atoms with E-state index in [-0.39, 0.29) is 23.6 Å². The molecular formula is C19H24F3N3O5. The highest BCUT2D eigenvalue weighted by atomic mass is 19.4.